The lowest BCUT2D eigenvalue weighted by atomic mass is 10.2. The molecule has 118 valence electrons. The number of aromatic nitrogens is 3. The first kappa shape index (κ1) is 15.2. The second-order valence-corrected chi connectivity index (χ2v) is 6.28. The zero-order chi connectivity index (χ0) is 15.9. The molecule has 0 saturated carbocycles. The summed E-state index contributed by atoms with van der Waals surface area (Å²) in [5.74, 6) is 0.854. The first-order chi connectivity index (χ1) is 10.5. The van der Waals surface area contributed by atoms with Crippen molar-refractivity contribution in [2.75, 3.05) is 31.1 Å². The molecule has 0 spiro atoms. The number of hydrogen-bond acceptors (Lipinski definition) is 5. The summed E-state index contributed by atoms with van der Waals surface area (Å²) in [6.45, 7) is 8.30. The molecule has 0 N–H and O–H groups in total. The molecule has 0 bridgehead atoms. The summed E-state index contributed by atoms with van der Waals surface area (Å²) in [7, 11) is 1.59. The maximum atomic E-state index is 12.1. The van der Waals surface area contributed by atoms with Gasteiger partial charge in [0.2, 0.25) is 0 Å². The number of halogens is 1. The van der Waals surface area contributed by atoms with Crippen LogP contribution in [0.25, 0.3) is 10.8 Å². The highest BCUT2D eigenvalue weighted by Gasteiger charge is 2.20. The van der Waals surface area contributed by atoms with Gasteiger partial charge in [-0.1, -0.05) is 11.6 Å². The lowest BCUT2D eigenvalue weighted by Crippen LogP contribution is -2.49. The van der Waals surface area contributed by atoms with E-state index in [-0.39, 0.29) is 5.56 Å². The van der Waals surface area contributed by atoms with Crippen LogP contribution in [-0.4, -0.2) is 51.9 Å². The van der Waals surface area contributed by atoms with E-state index in [0.717, 1.165) is 32.0 Å². The molecule has 0 aliphatic carbocycles. The molecule has 2 aromatic rings. The van der Waals surface area contributed by atoms with Crippen LogP contribution < -0.4 is 10.5 Å². The fourth-order valence-corrected chi connectivity index (χ4v) is 3.10. The fourth-order valence-electron chi connectivity index (χ4n) is 2.83. The van der Waals surface area contributed by atoms with Gasteiger partial charge in [-0.15, -0.1) is 0 Å². The molecule has 1 aliphatic heterocycles. The van der Waals surface area contributed by atoms with Crippen LogP contribution in [0.5, 0.6) is 0 Å². The van der Waals surface area contributed by atoms with Crippen LogP contribution in [0.3, 0.4) is 0 Å². The predicted molar refractivity (Wildman–Crippen MR) is 88.7 cm³/mol. The van der Waals surface area contributed by atoms with Crippen molar-refractivity contribution in [2.45, 2.75) is 19.9 Å². The van der Waals surface area contributed by atoms with Gasteiger partial charge in [0.1, 0.15) is 5.82 Å². The van der Waals surface area contributed by atoms with Crippen LogP contribution in [0.1, 0.15) is 13.8 Å². The Labute approximate surface area is 134 Å². The summed E-state index contributed by atoms with van der Waals surface area (Å²) < 4.78 is 1.24. The number of pyridine rings is 1. The van der Waals surface area contributed by atoms with Crippen molar-refractivity contribution in [2.24, 2.45) is 7.05 Å². The molecular formula is C15H20ClN5O. The Morgan fingerprint density at radius 1 is 1.18 bits per heavy atom. The van der Waals surface area contributed by atoms with Gasteiger partial charge in [-0.2, -0.15) is 5.10 Å². The Morgan fingerprint density at radius 3 is 2.50 bits per heavy atom. The SMILES string of the molecule is CC(C)N1CCN(c2cc3c(Cl)nn(C)c(=O)c3cn2)CC1. The summed E-state index contributed by atoms with van der Waals surface area (Å²) in [4.78, 5) is 21.2. The summed E-state index contributed by atoms with van der Waals surface area (Å²) in [6, 6.07) is 2.44. The minimum Gasteiger partial charge on any atom is -0.354 e. The van der Waals surface area contributed by atoms with Gasteiger partial charge in [0.05, 0.1) is 5.39 Å². The molecule has 0 radical (unpaired) electrons. The van der Waals surface area contributed by atoms with Crippen molar-refractivity contribution in [3.63, 3.8) is 0 Å². The number of fused-ring (bicyclic) bond motifs is 1. The summed E-state index contributed by atoms with van der Waals surface area (Å²) >= 11 is 6.18. The highest BCUT2D eigenvalue weighted by atomic mass is 35.5. The minimum absolute atomic E-state index is 0.178. The maximum Gasteiger partial charge on any atom is 0.276 e. The van der Waals surface area contributed by atoms with Gasteiger partial charge in [-0.05, 0) is 19.9 Å². The minimum atomic E-state index is -0.178. The maximum absolute atomic E-state index is 12.1. The number of nitrogens with zero attached hydrogens (tertiary/aromatic N) is 5. The molecule has 3 heterocycles. The molecule has 0 aromatic carbocycles. The van der Waals surface area contributed by atoms with Gasteiger partial charge < -0.3 is 4.90 Å². The number of anilines is 1. The predicted octanol–water partition coefficient (Wildman–Crippen LogP) is 1.51. The smallest absolute Gasteiger partial charge is 0.276 e. The largest absolute Gasteiger partial charge is 0.354 e. The van der Waals surface area contributed by atoms with E-state index in [1.807, 2.05) is 6.07 Å². The van der Waals surface area contributed by atoms with Crippen LogP contribution in [0, 0.1) is 0 Å². The highest BCUT2D eigenvalue weighted by Crippen LogP contribution is 2.23. The van der Waals surface area contributed by atoms with Gasteiger partial charge in [-0.3, -0.25) is 9.69 Å². The fraction of sp³-hybridized carbons (Fsp3) is 0.533. The molecule has 0 unspecified atom stereocenters. The Balaban J connectivity index is 1.92. The number of hydrogen-bond donors (Lipinski definition) is 0. The number of aryl methyl sites for hydroxylation is 1. The third-order valence-corrected chi connectivity index (χ3v) is 4.52. The molecule has 22 heavy (non-hydrogen) atoms. The van der Waals surface area contributed by atoms with E-state index >= 15 is 0 Å². The zero-order valence-electron chi connectivity index (χ0n) is 13.1. The Bertz CT molecular complexity index is 749. The lowest BCUT2D eigenvalue weighted by Gasteiger charge is -2.37. The van der Waals surface area contributed by atoms with Crippen LogP contribution in [0.15, 0.2) is 17.1 Å². The molecule has 0 atom stereocenters. The molecule has 1 aliphatic rings. The quantitative estimate of drug-likeness (QED) is 0.839. The number of rotatable bonds is 2. The Morgan fingerprint density at radius 2 is 1.86 bits per heavy atom. The van der Waals surface area contributed by atoms with Crippen molar-refractivity contribution in [3.8, 4) is 0 Å². The van der Waals surface area contributed by atoms with Crippen molar-refractivity contribution in [1.29, 1.82) is 0 Å². The molecule has 2 aromatic heterocycles. The number of piperazine rings is 1. The van der Waals surface area contributed by atoms with Crippen LogP contribution >= 0.6 is 11.6 Å². The van der Waals surface area contributed by atoms with E-state index < -0.39 is 0 Å². The Hall–Kier alpha value is -1.66. The summed E-state index contributed by atoms with van der Waals surface area (Å²) in [5, 5.41) is 5.55. The van der Waals surface area contributed by atoms with Gasteiger partial charge in [-0.25, -0.2) is 9.67 Å². The topological polar surface area (TPSA) is 54.3 Å². The first-order valence-electron chi connectivity index (χ1n) is 7.49. The van der Waals surface area contributed by atoms with E-state index in [1.165, 1.54) is 4.68 Å². The Kier molecular flexibility index (Phi) is 4.06. The van der Waals surface area contributed by atoms with Gasteiger partial charge in [0.15, 0.2) is 5.15 Å². The molecular weight excluding hydrogens is 302 g/mol. The van der Waals surface area contributed by atoms with Crippen molar-refractivity contribution < 1.29 is 0 Å². The van der Waals surface area contributed by atoms with E-state index in [1.54, 1.807) is 13.2 Å². The third-order valence-electron chi connectivity index (χ3n) is 4.24. The van der Waals surface area contributed by atoms with E-state index in [0.29, 0.717) is 22.0 Å². The second kappa shape index (κ2) is 5.85. The average molecular weight is 322 g/mol. The van der Waals surface area contributed by atoms with Crippen molar-refractivity contribution >= 4 is 28.2 Å². The van der Waals surface area contributed by atoms with E-state index in [9.17, 15) is 4.79 Å². The molecule has 1 saturated heterocycles. The third kappa shape index (κ3) is 2.68. The summed E-state index contributed by atoms with van der Waals surface area (Å²) in [6.07, 6.45) is 1.61. The molecule has 6 nitrogen and oxygen atoms in total. The van der Waals surface area contributed by atoms with E-state index in [2.05, 4.69) is 33.7 Å². The molecule has 1 fully saturated rings. The monoisotopic (exact) mass is 321 g/mol. The van der Waals surface area contributed by atoms with Crippen molar-refractivity contribution in [1.82, 2.24) is 19.7 Å². The standard InChI is InChI=1S/C15H20ClN5O/c1-10(2)20-4-6-21(7-5-20)13-8-11-12(9-17-13)15(22)19(3)18-14(11)16/h8-10H,4-7H2,1-3H3. The normalized spacial score (nSPS) is 16.7. The lowest BCUT2D eigenvalue weighted by molar-refractivity contribution is 0.209. The molecule has 7 heteroatoms. The second-order valence-electron chi connectivity index (χ2n) is 5.92. The average Bonchev–Trinajstić information content (AvgIpc) is 2.52. The zero-order valence-corrected chi connectivity index (χ0v) is 13.8. The van der Waals surface area contributed by atoms with Crippen LogP contribution in [-0.2, 0) is 7.05 Å². The van der Waals surface area contributed by atoms with Gasteiger partial charge >= 0.3 is 0 Å². The first-order valence-corrected chi connectivity index (χ1v) is 7.86. The highest BCUT2D eigenvalue weighted by molar-refractivity contribution is 6.34. The molecule has 3 rings (SSSR count). The molecule has 0 amide bonds. The van der Waals surface area contributed by atoms with Crippen LogP contribution in [0.4, 0.5) is 5.82 Å². The van der Waals surface area contributed by atoms with Gasteiger partial charge in [0, 0.05) is 50.9 Å². The van der Waals surface area contributed by atoms with Crippen LogP contribution in [0.2, 0.25) is 5.15 Å². The van der Waals surface area contributed by atoms with E-state index in [4.69, 9.17) is 11.6 Å². The summed E-state index contributed by atoms with van der Waals surface area (Å²) in [5.41, 5.74) is -0.178. The van der Waals surface area contributed by atoms with Crippen molar-refractivity contribution in [3.05, 3.63) is 27.8 Å². The van der Waals surface area contributed by atoms with Gasteiger partial charge in [0.25, 0.3) is 5.56 Å².